The van der Waals surface area contributed by atoms with Crippen LogP contribution in [0.15, 0.2) is 24.3 Å². The summed E-state index contributed by atoms with van der Waals surface area (Å²) in [5, 5.41) is 11.8. The standard InChI is InChI=1S/C15H21FN2O2/c1-2-18(9-10-19)14(20)17-11-15(7-8-15)12-5-3-4-6-13(12)16/h3-6,19H,2,7-11H2,1H3,(H,17,20). The summed E-state index contributed by atoms with van der Waals surface area (Å²) in [5.41, 5.74) is 0.435. The highest BCUT2D eigenvalue weighted by Crippen LogP contribution is 2.48. The van der Waals surface area contributed by atoms with Crippen molar-refractivity contribution >= 4 is 6.03 Å². The predicted molar refractivity (Wildman–Crippen MR) is 75.0 cm³/mol. The van der Waals surface area contributed by atoms with Gasteiger partial charge in [0, 0.05) is 25.0 Å². The molecule has 0 atom stereocenters. The number of halogens is 1. The molecule has 0 heterocycles. The molecule has 1 saturated carbocycles. The molecule has 2 rings (SSSR count). The van der Waals surface area contributed by atoms with Gasteiger partial charge in [0.15, 0.2) is 0 Å². The van der Waals surface area contributed by atoms with Gasteiger partial charge < -0.3 is 15.3 Å². The summed E-state index contributed by atoms with van der Waals surface area (Å²) in [6, 6.07) is 6.54. The fraction of sp³-hybridized carbons (Fsp3) is 0.533. The molecular formula is C15H21FN2O2. The number of aliphatic hydroxyl groups is 1. The van der Waals surface area contributed by atoms with E-state index >= 15 is 0 Å². The molecule has 0 saturated heterocycles. The van der Waals surface area contributed by atoms with Gasteiger partial charge in [0.25, 0.3) is 0 Å². The van der Waals surface area contributed by atoms with Crippen LogP contribution in [0.3, 0.4) is 0 Å². The summed E-state index contributed by atoms with van der Waals surface area (Å²) >= 11 is 0. The van der Waals surface area contributed by atoms with E-state index in [9.17, 15) is 9.18 Å². The van der Waals surface area contributed by atoms with E-state index in [0.717, 1.165) is 12.8 Å². The summed E-state index contributed by atoms with van der Waals surface area (Å²) in [4.78, 5) is 13.5. The molecule has 1 fully saturated rings. The molecule has 1 aliphatic rings. The number of hydrogen-bond acceptors (Lipinski definition) is 2. The van der Waals surface area contributed by atoms with Gasteiger partial charge in [0.05, 0.1) is 6.61 Å². The van der Waals surface area contributed by atoms with Crippen molar-refractivity contribution in [3.05, 3.63) is 35.6 Å². The van der Waals surface area contributed by atoms with Crippen molar-refractivity contribution in [2.45, 2.75) is 25.2 Å². The van der Waals surface area contributed by atoms with Crippen LogP contribution >= 0.6 is 0 Å². The van der Waals surface area contributed by atoms with Crippen LogP contribution in [-0.4, -0.2) is 42.3 Å². The summed E-state index contributed by atoms with van der Waals surface area (Å²) in [7, 11) is 0. The van der Waals surface area contributed by atoms with E-state index in [0.29, 0.717) is 25.2 Å². The first-order chi connectivity index (χ1) is 9.63. The van der Waals surface area contributed by atoms with E-state index in [-0.39, 0.29) is 23.9 Å². The molecule has 4 nitrogen and oxygen atoms in total. The van der Waals surface area contributed by atoms with Crippen LogP contribution in [0, 0.1) is 5.82 Å². The van der Waals surface area contributed by atoms with Crippen molar-refractivity contribution in [2.24, 2.45) is 0 Å². The van der Waals surface area contributed by atoms with Crippen LogP contribution in [0.2, 0.25) is 0 Å². The van der Waals surface area contributed by atoms with Gasteiger partial charge in [-0.15, -0.1) is 0 Å². The zero-order chi connectivity index (χ0) is 14.6. The van der Waals surface area contributed by atoms with E-state index in [1.165, 1.54) is 11.0 Å². The molecule has 5 heteroatoms. The third-order valence-electron chi connectivity index (χ3n) is 3.92. The van der Waals surface area contributed by atoms with Gasteiger partial charge in [-0.25, -0.2) is 9.18 Å². The minimum atomic E-state index is -0.250. The highest BCUT2D eigenvalue weighted by molar-refractivity contribution is 5.74. The van der Waals surface area contributed by atoms with Crippen LogP contribution < -0.4 is 5.32 Å². The number of nitrogens with one attached hydrogen (secondary N) is 1. The maximum atomic E-state index is 13.8. The minimum Gasteiger partial charge on any atom is -0.395 e. The molecule has 0 bridgehead atoms. The number of nitrogens with zero attached hydrogens (tertiary/aromatic N) is 1. The summed E-state index contributed by atoms with van der Waals surface area (Å²) < 4.78 is 13.8. The second-order valence-electron chi connectivity index (χ2n) is 5.22. The first kappa shape index (κ1) is 14.8. The second kappa shape index (κ2) is 6.22. The normalized spacial score (nSPS) is 15.8. The first-order valence-corrected chi connectivity index (χ1v) is 7.01. The molecular weight excluding hydrogens is 259 g/mol. The third kappa shape index (κ3) is 3.10. The predicted octanol–water partition coefficient (Wildman–Crippen LogP) is 1.88. The molecule has 2 amide bonds. The molecule has 0 unspecified atom stereocenters. The zero-order valence-corrected chi connectivity index (χ0v) is 11.7. The Hall–Kier alpha value is -1.62. The van der Waals surface area contributed by atoms with Gasteiger partial charge in [-0.2, -0.15) is 0 Å². The first-order valence-electron chi connectivity index (χ1n) is 7.01. The van der Waals surface area contributed by atoms with E-state index in [2.05, 4.69) is 5.32 Å². The average Bonchev–Trinajstić information content (AvgIpc) is 3.23. The van der Waals surface area contributed by atoms with Crippen molar-refractivity contribution in [3.8, 4) is 0 Å². The lowest BCUT2D eigenvalue weighted by Crippen LogP contribution is -2.44. The average molecular weight is 280 g/mol. The number of benzene rings is 1. The number of rotatable bonds is 6. The number of urea groups is 1. The van der Waals surface area contributed by atoms with Crippen LogP contribution in [-0.2, 0) is 5.41 Å². The third-order valence-corrected chi connectivity index (χ3v) is 3.92. The smallest absolute Gasteiger partial charge is 0.317 e. The highest BCUT2D eigenvalue weighted by Gasteiger charge is 2.46. The van der Waals surface area contributed by atoms with Crippen LogP contribution in [0.25, 0.3) is 0 Å². The Labute approximate surface area is 118 Å². The second-order valence-corrected chi connectivity index (χ2v) is 5.22. The van der Waals surface area contributed by atoms with Gasteiger partial charge in [-0.05, 0) is 31.4 Å². The Balaban J connectivity index is 1.97. The lowest BCUT2D eigenvalue weighted by atomic mass is 9.95. The minimum absolute atomic E-state index is 0.0558. The van der Waals surface area contributed by atoms with E-state index in [4.69, 9.17) is 5.11 Å². The summed E-state index contributed by atoms with van der Waals surface area (Å²) in [6.07, 6.45) is 1.78. The molecule has 1 aromatic carbocycles. The van der Waals surface area contributed by atoms with Gasteiger partial charge in [-0.1, -0.05) is 18.2 Å². The Morgan fingerprint density at radius 2 is 2.15 bits per heavy atom. The van der Waals surface area contributed by atoms with Gasteiger partial charge in [-0.3, -0.25) is 0 Å². The van der Waals surface area contributed by atoms with E-state index in [1.54, 1.807) is 12.1 Å². The van der Waals surface area contributed by atoms with Crippen molar-refractivity contribution in [1.82, 2.24) is 10.2 Å². The van der Waals surface area contributed by atoms with Crippen molar-refractivity contribution in [1.29, 1.82) is 0 Å². The number of amides is 2. The van der Waals surface area contributed by atoms with E-state index in [1.807, 2.05) is 13.0 Å². The Morgan fingerprint density at radius 1 is 1.45 bits per heavy atom. The molecule has 0 spiro atoms. The molecule has 0 aromatic heterocycles. The van der Waals surface area contributed by atoms with Gasteiger partial charge in [0.2, 0.25) is 0 Å². The van der Waals surface area contributed by atoms with Gasteiger partial charge >= 0.3 is 6.03 Å². The Morgan fingerprint density at radius 3 is 2.70 bits per heavy atom. The number of carbonyl (C=O) groups is 1. The largest absolute Gasteiger partial charge is 0.395 e. The SMILES string of the molecule is CCN(CCO)C(=O)NCC1(c2ccccc2F)CC1. The molecule has 1 aromatic rings. The van der Waals surface area contributed by atoms with Gasteiger partial charge in [0.1, 0.15) is 5.82 Å². The monoisotopic (exact) mass is 280 g/mol. The number of likely N-dealkylation sites (N-methyl/N-ethyl adjacent to an activating group) is 1. The fourth-order valence-electron chi connectivity index (χ4n) is 2.46. The Bertz CT molecular complexity index is 475. The maximum Gasteiger partial charge on any atom is 0.317 e. The van der Waals surface area contributed by atoms with Crippen molar-refractivity contribution in [2.75, 3.05) is 26.2 Å². The zero-order valence-electron chi connectivity index (χ0n) is 11.7. The number of aliphatic hydroxyl groups excluding tert-OH is 1. The van der Waals surface area contributed by atoms with Crippen molar-refractivity contribution in [3.63, 3.8) is 0 Å². The topological polar surface area (TPSA) is 52.6 Å². The lowest BCUT2D eigenvalue weighted by molar-refractivity contribution is 0.179. The maximum absolute atomic E-state index is 13.8. The highest BCUT2D eigenvalue weighted by atomic mass is 19.1. The van der Waals surface area contributed by atoms with Crippen LogP contribution in [0.5, 0.6) is 0 Å². The molecule has 2 N–H and O–H groups in total. The molecule has 0 radical (unpaired) electrons. The van der Waals surface area contributed by atoms with Crippen LogP contribution in [0.1, 0.15) is 25.3 Å². The summed E-state index contributed by atoms with van der Waals surface area (Å²) in [6.45, 7) is 3.10. The Kier molecular flexibility index (Phi) is 4.60. The molecule has 1 aliphatic carbocycles. The molecule has 0 aliphatic heterocycles. The van der Waals surface area contributed by atoms with Crippen LogP contribution in [0.4, 0.5) is 9.18 Å². The molecule has 20 heavy (non-hydrogen) atoms. The molecule has 110 valence electrons. The number of hydrogen-bond donors (Lipinski definition) is 2. The lowest BCUT2D eigenvalue weighted by Gasteiger charge is -2.23. The summed E-state index contributed by atoms with van der Waals surface area (Å²) in [5.74, 6) is -0.207. The quantitative estimate of drug-likeness (QED) is 0.836. The van der Waals surface area contributed by atoms with E-state index < -0.39 is 0 Å². The van der Waals surface area contributed by atoms with Crippen molar-refractivity contribution < 1.29 is 14.3 Å². The number of carbonyl (C=O) groups excluding carboxylic acids is 1. The fourth-order valence-corrected chi connectivity index (χ4v) is 2.46.